The van der Waals surface area contributed by atoms with Gasteiger partial charge in [-0.2, -0.15) is 0 Å². The van der Waals surface area contributed by atoms with Crippen molar-refractivity contribution in [2.75, 3.05) is 19.1 Å². The first kappa shape index (κ1) is 15.8. The maximum Gasteiger partial charge on any atom is 0.176 e. The average Bonchev–Trinajstić information content (AvgIpc) is 2.27. The van der Waals surface area contributed by atoms with Crippen molar-refractivity contribution >= 4 is 33.2 Å². The Bertz CT molecular complexity index is 529. The first-order chi connectivity index (χ1) is 8.31. The van der Waals surface area contributed by atoms with Crippen molar-refractivity contribution in [1.82, 2.24) is 0 Å². The fraction of sp³-hybridized carbons (Fsp3) is 0.500. The predicted molar refractivity (Wildman–Crippen MR) is 78.4 cm³/mol. The van der Waals surface area contributed by atoms with E-state index in [1.165, 1.54) is 18.0 Å². The van der Waals surface area contributed by atoms with Crippen LogP contribution in [0.5, 0.6) is 0 Å². The van der Waals surface area contributed by atoms with Crippen LogP contribution in [0.25, 0.3) is 0 Å². The van der Waals surface area contributed by atoms with Gasteiger partial charge in [-0.15, -0.1) is 11.8 Å². The van der Waals surface area contributed by atoms with E-state index in [0.717, 1.165) is 12.0 Å². The molecule has 1 rings (SSSR count). The highest BCUT2D eigenvalue weighted by Gasteiger charge is 2.19. The molecule has 0 spiro atoms. The third-order valence-corrected chi connectivity index (χ3v) is 5.31. The lowest BCUT2D eigenvalue weighted by molar-refractivity contribution is 0.599. The van der Waals surface area contributed by atoms with Gasteiger partial charge >= 0.3 is 0 Å². The van der Waals surface area contributed by atoms with Gasteiger partial charge in [-0.3, -0.25) is 0 Å². The highest BCUT2D eigenvalue weighted by molar-refractivity contribution is 7.99. The minimum atomic E-state index is -3.28. The number of hydrogen-bond acceptors (Lipinski definition) is 4. The molecule has 0 saturated carbocycles. The van der Waals surface area contributed by atoms with Crippen LogP contribution in [0.3, 0.4) is 0 Å². The summed E-state index contributed by atoms with van der Waals surface area (Å²) in [6.45, 7) is 2.58. The quantitative estimate of drug-likeness (QED) is 0.850. The molecule has 0 aromatic heterocycles. The Hall–Kier alpha value is -0.230. The number of halogens is 1. The zero-order valence-electron chi connectivity index (χ0n) is 10.7. The molecule has 18 heavy (non-hydrogen) atoms. The largest absolute Gasteiger partial charge is 0.330 e. The van der Waals surface area contributed by atoms with Crippen LogP contribution >= 0.6 is 23.4 Å². The van der Waals surface area contributed by atoms with Crippen LogP contribution in [0.1, 0.15) is 24.8 Å². The zero-order chi connectivity index (χ0) is 13.9. The third-order valence-electron chi connectivity index (χ3n) is 2.80. The van der Waals surface area contributed by atoms with Crippen LogP contribution in [0.15, 0.2) is 21.9 Å². The van der Waals surface area contributed by atoms with Gasteiger partial charge in [0, 0.05) is 11.2 Å². The maximum atomic E-state index is 11.8. The monoisotopic (exact) mass is 307 g/mol. The van der Waals surface area contributed by atoms with Crippen molar-refractivity contribution < 1.29 is 8.42 Å². The Balaban J connectivity index is 3.40. The summed E-state index contributed by atoms with van der Waals surface area (Å²) in [4.78, 5) is 0.921. The lowest BCUT2D eigenvalue weighted by atomic mass is 9.98. The Kier molecular flexibility index (Phi) is 5.52. The normalized spacial score (nSPS) is 13.6. The second-order valence-electron chi connectivity index (χ2n) is 4.28. The molecule has 0 bridgehead atoms. The highest BCUT2D eigenvalue weighted by atomic mass is 35.5. The van der Waals surface area contributed by atoms with Crippen LogP contribution < -0.4 is 5.73 Å². The van der Waals surface area contributed by atoms with E-state index in [9.17, 15) is 8.42 Å². The van der Waals surface area contributed by atoms with Gasteiger partial charge in [0.25, 0.3) is 0 Å². The van der Waals surface area contributed by atoms with Crippen molar-refractivity contribution in [2.45, 2.75) is 29.1 Å². The molecule has 0 heterocycles. The second kappa shape index (κ2) is 6.28. The Morgan fingerprint density at radius 1 is 1.44 bits per heavy atom. The molecule has 0 saturated heterocycles. The standard InChI is InChI=1S/C12H18ClNO2S2/c1-8(4-5-14)9-6-10(13)12(17-2)11(7-9)18(3,15)16/h6-8H,4-5,14H2,1-3H3. The Labute approximate surface area is 118 Å². The first-order valence-electron chi connectivity index (χ1n) is 5.58. The molecule has 0 aliphatic heterocycles. The third kappa shape index (κ3) is 3.63. The molecular formula is C12H18ClNO2S2. The lowest BCUT2D eigenvalue weighted by Gasteiger charge is -2.15. The Morgan fingerprint density at radius 3 is 2.50 bits per heavy atom. The molecule has 0 aliphatic carbocycles. The molecule has 2 N–H and O–H groups in total. The van der Waals surface area contributed by atoms with Crippen molar-refractivity contribution in [1.29, 1.82) is 0 Å². The van der Waals surface area contributed by atoms with Gasteiger partial charge < -0.3 is 5.73 Å². The summed E-state index contributed by atoms with van der Waals surface area (Å²) >= 11 is 7.52. The molecule has 1 atom stereocenters. The van der Waals surface area contributed by atoms with E-state index in [2.05, 4.69) is 0 Å². The van der Waals surface area contributed by atoms with Crippen molar-refractivity contribution in [3.63, 3.8) is 0 Å². The van der Waals surface area contributed by atoms with Gasteiger partial charge in [-0.05, 0) is 42.8 Å². The van der Waals surface area contributed by atoms with Gasteiger partial charge in [-0.25, -0.2) is 8.42 Å². The van der Waals surface area contributed by atoms with Crippen LogP contribution in [0.2, 0.25) is 5.02 Å². The van der Waals surface area contributed by atoms with E-state index >= 15 is 0 Å². The smallest absolute Gasteiger partial charge is 0.176 e. The number of rotatable bonds is 5. The van der Waals surface area contributed by atoms with Gasteiger partial charge in [0.2, 0.25) is 0 Å². The lowest BCUT2D eigenvalue weighted by Crippen LogP contribution is -2.07. The molecule has 1 aromatic rings. The minimum absolute atomic E-state index is 0.198. The van der Waals surface area contributed by atoms with Crippen LogP contribution in [-0.4, -0.2) is 27.5 Å². The average molecular weight is 308 g/mol. The SMILES string of the molecule is CSc1c(Cl)cc(C(C)CCN)cc1S(C)(=O)=O. The number of thioether (sulfide) groups is 1. The maximum absolute atomic E-state index is 11.8. The van der Waals surface area contributed by atoms with E-state index in [4.69, 9.17) is 17.3 Å². The number of sulfone groups is 1. The van der Waals surface area contributed by atoms with Crippen LogP contribution in [0, 0.1) is 0 Å². The number of benzene rings is 1. The molecule has 6 heteroatoms. The summed E-state index contributed by atoms with van der Waals surface area (Å²) in [6, 6.07) is 3.55. The second-order valence-corrected chi connectivity index (χ2v) is 7.49. The topological polar surface area (TPSA) is 60.2 Å². The molecule has 0 amide bonds. The van der Waals surface area contributed by atoms with E-state index in [-0.39, 0.29) is 5.92 Å². The zero-order valence-corrected chi connectivity index (χ0v) is 13.1. The van der Waals surface area contributed by atoms with Gasteiger partial charge in [0.1, 0.15) is 0 Å². The van der Waals surface area contributed by atoms with E-state index < -0.39 is 9.84 Å². The molecule has 1 unspecified atom stereocenters. The molecule has 0 radical (unpaired) electrons. The van der Waals surface area contributed by atoms with E-state index in [1.807, 2.05) is 19.2 Å². The van der Waals surface area contributed by atoms with Crippen LogP contribution in [-0.2, 0) is 9.84 Å². The summed E-state index contributed by atoms with van der Waals surface area (Å²) in [5.74, 6) is 0.198. The molecule has 102 valence electrons. The van der Waals surface area contributed by atoms with Crippen molar-refractivity contribution in [3.05, 3.63) is 22.7 Å². The van der Waals surface area contributed by atoms with Gasteiger partial charge in [0.05, 0.1) is 9.92 Å². The summed E-state index contributed by atoms with van der Waals surface area (Å²) < 4.78 is 23.6. The summed E-state index contributed by atoms with van der Waals surface area (Å²) in [5.41, 5.74) is 6.45. The summed E-state index contributed by atoms with van der Waals surface area (Å²) in [6.07, 6.45) is 3.83. The number of hydrogen-bond donors (Lipinski definition) is 1. The van der Waals surface area contributed by atoms with Crippen LogP contribution in [0.4, 0.5) is 0 Å². The summed E-state index contributed by atoms with van der Waals surface area (Å²) in [7, 11) is -3.28. The molecule has 0 aliphatic rings. The van der Waals surface area contributed by atoms with Crippen molar-refractivity contribution in [3.8, 4) is 0 Å². The molecule has 0 fully saturated rings. The predicted octanol–water partition coefficient (Wildman–Crippen LogP) is 2.92. The van der Waals surface area contributed by atoms with E-state index in [1.54, 1.807) is 6.07 Å². The molecular weight excluding hydrogens is 290 g/mol. The first-order valence-corrected chi connectivity index (χ1v) is 9.08. The molecule has 3 nitrogen and oxygen atoms in total. The van der Waals surface area contributed by atoms with E-state index in [0.29, 0.717) is 21.4 Å². The summed E-state index contributed by atoms with van der Waals surface area (Å²) in [5, 5.41) is 0.490. The number of nitrogens with two attached hydrogens (primary N) is 1. The van der Waals surface area contributed by atoms with Crippen molar-refractivity contribution in [2.24, 2.45) is 5.73 Å². The van der Waals surface area contributed by atoms with Gasteiger partial charge in [-0.1, -0.05) is 18.5 Å². The molecule has 1 aromatic carbocycles. The fourth-order valence-corrected chi connectivity index (χ4v) is 4.29. The highest BCUT2D eigenvalue weighted by Crippen LogP contribution is 2.35. The minimum Gasteiger partial charge on any atom is -0.330 e. The van der Waals surface area contributed by atoms with Gasteiger partial charge in [0.15, 0.2) is 9.84 Å². The fourth-order valence-electron chi connectivity index (χ4n) is 1.76. The Morgan fingerprint density at radius 2 is 2.06 bits per heavy atom.